The number of hydrogen-bond acceptors (Lipinski definition) is 1. The molecular formula is CH4BrCl2NPb. The van der Waals surface area contributed by atoms with Crippen molar-refractivity contribution in [1.82, 2.24) is 4.34 Å². The fourth-order valence-electron chi connectivity index (χ4n) is 0. The van der Waals surface area contributed by atoms with E-state index in [4.69, 9.17) is 23.2 Å². The van der Waals surface area contributed by atoms with E-state index in [9.17, 15) is 0 Å². The zero-order chi connectivity index (χ0) is 4.28. The average Bonchev–Trinajstić information content (AvgIpc) is 1.38. The van der Waals surface area contributed by atoms with Crippen LogP contribution < -0.4 is 4.34 Å². The second kappa shape index (κ2) is 6.94. The molecule has 1 N–H and O–H groups in total. The Hall–Kier alpha value is 1.94. The third-order valence-electron chi connectivity index (χ3n) is 0.0825. The molecule has 38 valence electrons. The van der Waals surface area contributed by atoms with Gasteiger partial charge in [0.15, 0.2) is 4.96 Å². The summed E-state index contributed by atoms with van der Waals surface area (Å²) >= 11 is 12.9. The van der Waals surface area contributed by atoms with Gasteiger partial charge in [0.2, 0.25) is 0 Å². The SMILES string of the molecule is ClC(Cl)NBr.[PbH2]. The molecule has 0 saturated carbocycles. The molecule has 0 saturated heterocycles. The molecular weight excluding hydrogens is 384 g/mol. The standard InChI is InChI=1S/CH2BrCl2N.Pb.2H/c2-5-1(3)4;;;/h1,5H;;;. The van der Waals surface area contributed by atoms with Crippen LogP contribution in [0.5, 0.6) is 0 Å². The van der Waals surface area contributed by atoms with Crippen molar-refractivity contribution < 1.29 is 0 Å². The Kier molecular flexibility index (Phi) is 12.5. The third kappa shape index (κ3) is 9.34. The molecule has 0 aliphatic heterocycles. The first-order valence-electron chi connectivity index (χ1n) is 0.914. The van der Waals surface area contributed by atoms with E-state index in [1.165, 1.54) is 0 Å². The van der Waals surface area contributed by atoms with Crippen molar-refractivity contribution in [2.75, 3.05) is 0 Å². The minimum atomic E-state index is -0.505. The van der Waals surface area contributed by atoms with Crippen molar-refractivity contribution in [3.8, 4) is 0 Å². The van der Waals surface area contributed by atoms with Crippen LogP contribution in [-0.4, -0.2) is 32.3 Å². The molecule has 0 unspecified atom stereocenters. The Morgan fingerprint density at radius 3 is 1.67 bits per heavy atom. The van der Waals surface area contributed by atoms with Gasteiger partial charge < -0.3 is 0 Å². The van der Waals surface area contributed by atoms with Crippen LogP contribution in [0.1, 0.15) is 0 Å². The van der Waals surface area contributed by atoms with Crippen molar-refractivity contribution in [3.63, 3.8) is 0 Å². The Morgan fingerprint density at radius 1 is 1.50 bits per heavy atom. The van der Waals surface area contributed by atoms with Crippen LogP contribution in [0.25, 0.3) is 0 Å². The van der Waals surface area contributed by atoms with Crippen molar-refractivity contribution in [1.29, 1.82) is 0 Å². The fourth-order valence-corrected chi connectivity index (χ4v) is 0. The van der Waals surface area contributed by atoms with E-state index in [0.29, 0.717) is 0 Å². The number of rotatable bonds is 1. The molecule has 2 radical (unpaired) electrons. The van der Waals surface area contributed by atoms with Crippen LogP contribution in [0, 0.1) is 0 Å². The first kappa shape index (κ1) is 10.8. The molecule has 5 heteroatoms. The summed E-state index contributed by atoms with van der Waals surface area (Å²) in [5, 5.41) is 0. The van der Waals surface area contributed by atoms with Gasteiger partial charge in [-0.25, -0.2) is 4.34 Å². The van der Waals surface area contributed by atoms with Gasteiger partial charge in [-0.1, -0.05) is 23.2 Å². The predicted molar refractivity (Wildman–Crippen MR) is 36.1 cm³/mol. The van der Waals surface area contributed by atoms with Gasteiger partial charge in [0.25, 0.3) is 0 Å². The molecule has 0 spiro atoms. The quantitative estimate of drug-likeness (QED) is 0.303. The van der Waals surface area contributed by atoms with Gasteiger partial charge in [0, 0.05) is 16.1 Å². The zero-order valence-electron chi connectivity index (χ0n) is 2.92. The molecule has 0 aromatic carbocycles. The number of hydrogen-bond donors (Lipinski definition) is 1. The van der Waals surface area contributed by atoms with E-state index in [-0.39, 0.29) is 27.3 Å². The predicted octanol–water partition coefficient (Wildman–Crippen LogP) is 0.731. The van der Waals surface area contributed by atoms with Crippen molar-refractivity contribution in [2.45, 2.75) is 4.96 Å². The van der Waals surface area contributed by atoms with Crippen LogP contribution in [0.15, 0.2) is 0 Å². The molecule has 1 nitrogen and oxygen atoms in total. The summed E-state index contributed by atoms with van der Waals surface area (Å²) in [4.78, 5) is -0.505. The Morgan fingerprint density at radius 2 is 1.67 bits per heavy atom. The van der Waals surface area contributed by atoms with E-state index in [0.717, 1.165) is 0 Å². The number of nitrogens with one attached hydrogen (secondary N) is 1. The van der Waals surface area contributed by atoms with Crippen molar-refractivity contribution in [2.24, 2.45) is 0 Å². The molecule has 0 aromatic heterocycles. The van der Waals surface area contributed by atoms with E-state index >= 15 is 0 Å². The molecule has 0 fully saturated rings. The van der Waals surface area contributed by atoms with Gasteiger partial charge in [-0.3, -0.25) is 0 Å². The summed E-state index contributed by atoms with van der Waals surface area (Å²) in [5.74, 6) is 0. The first-order valence-corrected chi connectivity index (χ1v) is 2.58. The van der Waals surface area contributed by atoms with Crippen molar-refractivity contribution >= 4 is 66.6 Å². The molecule has 0 rings (SSSR count). The fraction of sp³-hybridized carbons (Fsp3) is 1.00. The first-order chi connectivity index (χ1) is 2.27. The maximum absolute atomic E-state index is 5.07. The molecule has 6 heavy (non-hydrogen) atoms. The summed E-state index contributed by atoms with van der Waals surface area (Å²) in [5.41, 5.74) is 0. The molecule has 0 aliphatic carbocycles. The molecule has 0 amide bonds. The van der Waals surface area contributed by atoms with Crippen LogP contribution >= 0.6 is 39.3 Å². The van der Waals surface area contributed by atoms with Gasteiger partial charge in [-0.15, -0.1) is 0 Å². The van der Waals surface area contributed by atoms with E-state index in [1.54, 1.807) is 0 Å². The average molecular weight is 388 g/mol. The Bertz CT molecular complexity index is 27.5. The Labute approximate surface area is 75.3 Å². The van der Waals surface area contributed by atoms with E-state index in [2.05, 4.69) is 20.5 Å². The summed E-state index contributed by atoms with van der Waals surface area (Å²) in [6.45, 7) is 0. The minimum absolute atomic E-state index is 0. The van der Waals surface area contributed by atoms with Gasteiger partial charge in [-0.05, 0) is 0 Å². The van der Waals surface area contributed by atoms with Crippen LogP contribution in [-0.2, 0) is 0 Å². The maximum atomic E-state index is 5.07. The second-order valence-electron chi connectivity index (χ2n) is 0.410. The Balaban J connectivity index is 0. The van der Waals surface area contributed by atoms with Gasteiger partial charge in [0.05, 0.1) is 0 Å². The van der Waals surface area contributed by atoms with Gasteiger partial charge in [-0.2, -0.15) is 0 Å². The van der Waals surface area contributed by atoms with Gasteiger partial charge in [0.1, 0.15) is 0 Å². The monoisotopic (exact) mass is 387 g/mol. The summed E-state index contributed by atoms with van der Waals surface area (Å²) in [6.07, 6.45) is 0. The molecule has 0 aromatic rings. The third-order valence-corrected chi connectivity index (χ3v) is 1.29. The van der Waals surface area contributed by atoms with Crippen molar-refractivity contribution in [3.05, 3.63) is 0 Å². The summed E-state index contributed by atoms with van der Waals surface area (Å²) in [7, 11) is 0. The number of halogens is 3. The molecule has 0 heterocycles. The van der Waals surface area contributed by atoms with E-state index < -0.39 is 4.96 Å². The topological polar surface area (TPSA) is 12.0 Å². The molecule has 0 atom stereocenters. The second-order valence-corrected chi connectivity index (χ2v) is 1.96. The summed E-state index contributed by atoms with van der Waals surface area (Å²) in [6, 6.07) is 0. The zero-order valence-corrected chi connectivity index (χ0v) is 11.5. The molecule has 0 aliphatic rings. The summed E-state index contributed by atoms with van der Waals surface area (Å²) < 4.78 is 2.37. The van der Waals surface area contributed by atoms with Gasteiger partial charge >= 0.3 is 27.3 Å². The van der Waals surface area contributed by atoms with Crippen LogP contribution in [0.2, 0.25) is 0 Å². The normalized spacial score (nSPS) is 8.00. The van der Waals surface area contributed by atoms with Crippen LogP contribution in [0.4, 0.5) is 0 Å². The molecule has 0 bridgehead atoms. The van der Waals surface area contributed by atoms with Crippen LogP contribution in [0.3, 0.4) is 0 Å². The van der Waals surface area contributed by atoms with E-state index in [1.807, 2.05) is 0 Å². The number of alkyl halides is 2.